The molecule has 4 nitrogen and oxygen atoms in total. The number of nitrogens with zero attached hydrogens (tertiary/aromatic N) is 3. The van der Waals surface area contributed by atoms with Gasteiger partial charge in [-0.1, -0.05) is 72.4 Å². The predicted molar refractivity (Wildman–Crippen MR) is 106 cm³/mol. The van der Waals surface area contributed by atoms with Crippen LogP contribution in [0.3, 0.4) is 0 Å². The topological polar surface area (TPSA) is 38.1 Å². The second-order valence-corrected chi connectivity index (χ2v) is 7.09. The molecule has 1 amide bonds. The number of carbonyl (C=O) groups is 1. The maximum Gasteiger partial charge on any atom is 0.233 e. The number of carbonyl (C=O) groups excluding carboxylic acids is 1. The fraction of sp³-hybridized carbons (Fsp3) is 0.238. The van der Waals surface area contributed by atoms with E-state index in [1.165, 1.54) is 17.3 Å². The fourth-order valence-electron chi connectivity index (χ4n) is 2.71. The van der Waals surface area contributed by atoms with Crippen molar-refractivity contribution in [3.8, 4) is 0 Å². The van der Waals surface area contributed by atoms with Crippen molar-refractivity contribution in [3.05, 3.63) is 84.2 Å². The van der Waals surface area contributed by atoms with Gasteiger partial charge < -0.3 is 9.47 Å². The highest BCUT2D eigenvalue weighted by atomic mass is 32.2. The molecule has 2 aromatic carbocycles. The normalized spacial score (nSPS) is 10.7. The number of hydrogen-bond acceptors (Lipinski definition) is 3. The number of benzene rings is 2. The zero-order valence-corrected chi connectivity index (χ0v) is 15.7. The Kier molecular flexibility index (Phi) is 6.50. The van der Waals surface area contributed by atoms with Crippen LogP contribution in [0.1, 0.15) is 11.1 Å². The lowest BCUT2D eigenvalue weighted by Crippen LogP contribution is -2.33. The van der Waals surface area contributed by atoms with Gasteiger partial charge in [-0.05, 0) is 17.5 Å². The van der Waals surface area contributed by atoms with E-state index in [2.05, 4.69) is 29.2 Å². The second kappa shape index (κ2) is 9.25. The molecule has 1 aromatic heterocycles. The van der Waals surface area contributed by atoms with E-state index in [0.29, 0.717) is 18.8 Å². The predicted octanol–water partition coefficient (Wildman–Crippen LogP) is 3.78. The van der Waals surface area contributed by atoms with Crippen molar-refractivity contribution in [2.24, 2.45) is 7.05 Å². The summed E-state index contributed by atoms with van der Waals surface area (Å²) in [5.41, 5.74) is 2.39. The molecule has 26 heavy (non-hydrogen) atoms. The van der Waals surface area contributed by atoms with E-state index in [4.69, 9.17) is 0 Å². The number of amides is 1. The first-order valence-electron chi connectivity index (χ1n) is 8.68. The van der Waals surface area contributed by atoms with Crippen LogP contribution in [0.15, 0.2) is 78.2 Å². The van der Waals surface area contributed by atoms with Gasteiger partial charge in [0.1, 0.15) is 0 Å². The van der Waals surface area contributed by atoms with Crippen LogP contribution < -0.4 is 0 Å². The molecule has 3 aromatic rings. The van der Waals surface area contributed by atoms with Crippen LogP contribution in [-0.4, -0.2) is 32.7 Å². The average molecular weight is 366 g/mol. The van der Waals surface area contributed by atoms with E-state index in [9.17, 15) is 4.79 Å². The summed E-state index contributed by atoms with van der Waals surface area (Å²) in [6, 6.07) is 20.4. The van der Waals surface area contributed by atoms with E-state index in [1.54, 1.807) is 6.20 Å². The number of aryl methyl sites for hydroxylation is 1. The van der Waals surface area contributed by atoms with Crippen LogP contribution in [0.25, 0.3) is 0 Å². The van der Waals surface area contributed by atoms with E-state index < -0.39 is 0 Å². The van der Waals surface area contributed by atoms with Gasteiger partial charge in [-0.25, -0.2) is 4.98 Å². The Labute approximate surface area is 158 Å². The first-order valence-corrected chi connectivity index (χ1v) is 9.66. The second-order valence-electron chi connectivity index (χ2n) is 6.15. The molecule has 0 unspecified atom stereocenters. The summed E-state index contributed by atoms with van der Waals surface area (Å²) in [5, 5.41) is 0.862. The van der Waals surface area contributed by atoms with Crippen LogP contribution in [0.4, 0.5) is 0 Å². The molecule has 134 valence electrons. The van der Waals surface area contributed by atoms with Gasteiger partial charge in [0.05, 0.1) is 5.75 Å². The van der Waals surface area contributed by atoms with Crippen molar-refractivity contribution >= 4 is 17.7 Å². The lowest BCUT2D eigenvalue weighted by molar-refractivity contribution is -0.128. The van der Waals surface area contributed by atoms with Gasteiger partial charge in [-0.3, -0.25) is 4.79 Å². The fourth-order valence-corrected chi connectivity index (χ4v) is 3.55. The largest absolute Gasteiger partial charge is 0.337 e. The monoisotopic (exact) mass is 365 g/mol. The van der Waals surface area contributed by atoms with Crippen molar-refractivity contribution in [1.29, 1.82) is 0 Å². The Hall–Kier alpha value is -2.53. The molecule has 0 aliphatic heterocycles. The molecule has 0 N–H and O–H groups in total. The minimum absolute atomic E-state index is 0.137. The highest BCUT2D eigenvalue weighted by molar-refractivity contribution is 7.99. The van der Waals surface area contributed by atoms with E-state index in [1.807, 2.05) is 59.1 Å². The molecule has 0 bridgehead atoms. The zero-order valence-electron chi connectivity index (χ0n) is 14.9. The third kappa shape index (κ3) is 5.23. The molecule has 0 aliphatic carbocycles. The van der Waals surface area contributed by atoms with Crippen molar-refractivity contribution in [1.82, 2.24) is 14.5 Å². The first kappa shape index (κ1) is 18.3. The van der Waals surface area contributed by atoms with Gasteiger partial charge in [0.2, 0.25) is 5.91 Å². The molecule has 5 heteroatoms. The van der Waals surface area contributed by atoms with Crippen LogP contribution in [0, 0.1) is 0 Å². The lowest BCUT2D eigenvalue weighted by atomic mass is 10.1. The zero-order chi connectivity index (χ0) is 18.2. The van der Waals surface area contributed by atoms with Gasteiger partial charge >= 0.3 is 0 Å². The van der Waals surface area contributed by atoms with E-state index in [-0.39, 0.29) is 5.91 Å². The maximum atomic E-state index is 12.8. The summed E-state index contributed by atoms with van der Waals surface area (Å²) < 4.78 is 1.93. The Balaban J connectivity index is 1.64. The van der Waals surface area contributed by atoms with Gasteiger partial charge in [-0.15, -0.1) is 0 Å². The quantitative estimate of drug-likeness (QED) is 0.570. The first-order chi connectivity index (χ1) is 12.7. The van der Waals surface area contributed by atoms with Crippen molar-refractivity contribution in [2.45, 2.75) is 18.1 Å². The molecule has 0 fully saturated rings. The van der Waals surface area contributed by atoms with Crippen molar-refractivity contribution in [2.75, 3.05) is 12.3 Å². The average Bonchev–Trinajstić information content (AvgIpc) is 3.09. The Morgan fingerprint density at radius 1 is 1.04 bits per heavy atom. The number of aromatic nitrogens is 2. The molecule has 0 aliphatic rings. The SMILES string of the molecule is Cn1ccnc1SCC(=O)N(CCc1ccccc1)Cc1ccccc1. The summed E-state index contributed by atoms with van der Waals surface area (Å²) in [7, 11) is 1.94. The summed E-state index contributed by atoms with van der Waals surface area (Å²) in [6.45, 7) is 1.34. The van der Waals surface area contributed by atoms with Gasteiger partial charge in [0, 0.05) is 32.5 Å². The molecule has 0 radical (unpaired) electrons. The maximum absolute atomic E-state index is 12.8. The van der Waals surface area contributed by atoms with Crippen molar-refractivity contribution < 1.29 is 4.79 Å². The minimum Gasteiger partial charge on any atom is -0.337 e. The van der Waals surface area contributed by atoms with Crippen LogP contribution in [0.2, 0.25) is 0 Å². The molecule has 3 rings (SSSR count). The number of hydrogen-bond donors (Lipinski definition) is 0. The molecular weight excluding hydrogens is 342 g/mol. The van der Waals surface area contributed by atoms with Crippen LogP contribution in [0.5, 0.6) is 0 Å². The molecule has 0 saturated carbocycles. The number of rotatable bonds is 8. The summed E-state index contributed by atoms with van der Waals surface area (Å²) in [6.07, 6.45) is 4.50. The standard InChI is InChI=1S/C21H23N3OS/c1-23-15-13-22-21(23)26-17-20(25)24(16-19-10-6-3-7-11-19)14-12-18-8-4-2-5-9-18/h2-11,13,15H,12,14,16-17H2,1H3. The summed E-state index contributed by atoms with van der Waals surface area (Å²) >= 11 is 1.48. The third-order valence-electron chi connectivity index (χ3n) is 4.18. The Morgan fingerprint density at radius 3 is 2.31 bits per heavy atom. The Bertz CT molecular complexity index is 818. The van der Waals surface area contributed by atoms with Gasteiger partial charge in [0.15, 0.2) is 5.16 Å². The molecule has 0 atom stereocenters. The molecular formula is C21H23N3OS. The van der Waals surface area contributed by atoms with Gasteiger partial charge in [-0.2, -0.15) is 0 Å². The smallest absolute Gasteiger partial charge is 0.233 e. The minimum atomic E-state index is 0.137. The summed E-state index contributed by atoms with van der Waals surface area (Å²) in [4.78, 5) is 19.1. The van der Waals surface area contributed by atoms with Gasteiger partial charge in [0.25, 0.3) is 0 Å². The van der Waals surface area contributed by atoms with E-state index >= 15 is 0 Å². The number of thioether (sulfide) groups is 1. The highest BCUT2D eigenvalue weighted by Crippen LogP contribution is 2.16. The number of imidazole rings is 1. The van der Waals surface area contributed by atoms with Crippen molar-refractivity contribution in [3.63, 3.8) is 0 Å². The van der Waals surface area contributed by atoms with Crippen LogP contribution in [-0.2, 0) is 24.8 Å². The lowest BCUT2D eigenvalue weighted by Gasteiger charge is -2.23. The summed E-state index contributed by atoms with van der Waals surface area (Å²) in [5.74, 6) is 0.532. The molecule has 0 spiro atoms. The highest BCUT2D eigenvalue weighted by Gasteiger charge is 2.15. The molecule has 0 saturated heterocycles. The third-order valence-corrected chi connectivity index (χ3v) is 5.23. The Morgan fingerprint density at radius 2 is 1.69 bits per heavy atom. The van der Waals surface area contributed by atoms with Crippen LogP contribution >= 0.6 is 11.8 Å². The van der Waals surface area contributed by atoms with E-state index in [0.717, 1.165) is 17.1 Å². The molecule has 1 heterocycles.